The fourth-order valence-electron chi connectivity index (χ4n) is 2.93. The Bertz CT molecular complexity index is 750. The maximum atomic E-state index is 12.4. The van der Waals surface area contributed by atoms with Gasteiger partial charge in [0.25, 0.3) is 5.91 Å². The number of carbonyl (C=O) groups is 1. The van der Waals surface area contributed by atoms with Crippen molar-refractivity contribution in [2.45, 2.75) is 26.0 Å². The number of nitrogens with zero attached hydrogens (tertiary/aromatic N) is 1. The first-order chi connectivity index (χ1) is 11.7. The van der Waals surface area contributed by atoms with Gasteiger partial charge in [-0.3, -0.25) is 4.79 Å². The summed E-state index contributed by atoms with van der Waals surface area (Å²) in [5, 5.41) is 0. The molecule has 122 valence electrons. The van der Waals surface area contributed by atoms with E-state index >= 15 is 0 Å². The largest absolute Gasteiger partial charge is 0.478 e. The molecule has 0 aliphatic carbocycles. The second-order valence-electron chi connectivity index (χ2n) is 5.82. The highest BCUT2D eigenvalue weighted by Gasteiger charge is 2.49. The highest BCUT2D eigenvalue weighted by molar-refractivity contribution is 5.91. The summed E-state index contributed by atoms with van der Waals surface area (Å²) in [6.45, 7) is 3.95. The van der Waals surface area contributed by atoms with E-state index in [9.17, 15) is 4.79 Å². The number of ether oxygens (including phenoxy) is 1. The fraction of sp³-hybridized carbons (Fsp3) is 0.190. The molecule has 0 aromatic heterocycles. The van der Waals surface area contributed by atoms with Crippen molar-refractivity contribution in [1.29, 1.82) is 0 Å². The molecular weight excluding hydrogens is 298 g/mol. The van der Waals surface area contributed by atoms with Crippen LogP contribution in [0, 0.1) is 0 Å². The quantitative estimate of drug-likeness (QED) is 0.770. The van der Waals surface area contributed by atoms with Crippen LogP contribution < -0.4 is 4.74 Å². The van der Waals surface area contributed by atoms with Gasteiger partial charge in [-0.15, -0.1) is 0 Å². The number of likely N-dealkylation sites (tertiary alicyclic amines) is 1. The maximum absolute atomic E-state index is 12.4. The van der Waals surface area contributed by atoms with E-state index in [0.717, 1.165) is 11.1 Å². The highest BCUT2D eigenvalue weighted by atomic mass is 16.5. The minimum atomic E-state index is -0.483. The Hall–Kier alpha value is -2.81. The third-order valence-electron chi connectivity index (χ3n) is 4.06. The monoisotopic (exact) mass is 319 g/mol. The lowest BCUT2D eigenvalue weighted by molar-refractivity contribution is -0.154. The van der Waals surface area contributed by atoms with Crippen LogP contribution in [0.2, 0.25) is 0 Å². The molecule has 0 saturated carbocycles. The molecule has 3 heteroatoms. The van der Waals surface area contributed by atoms with E-state index in [4.69, 9.17) is 4.74 Å². The molecule has 3 rings (SSSR count). The predicted molar refractivity (Wildman–Crippen MR) is 96.4 cm³/mol. The van der Waals surface area contributed by atoms with E-state index in [1.165, 1.54) is 0 Å². The molecule has 24 heavy (non-hydrogen) atoms. The van der Waals surface area contributed by atoms with E-state index in [1.807, 2.05) is 74.7 Å². The van der Waals surface area contributed by atoms with Crippen molar-refractivity contribution in [3.63, 3.8) is 0 Å². The summed E-state index contributed by atoms with van der Waals surface area (Å²) in [4.78, 5) is 14.2. The Labute approximate surface area is 142 Å². The summed E-state index contributed by atoms with van der Waals surface area (Å²) in [6.07, 6.45) is 5.32. The molecule has 1 aliphatic rings. The van der Waals surface area contributed by atoms with Gasteiger partial charge in [0.2, 0.25) is 6.10 Å². The molecule has 0 N–H and O–H groups in total. The van der Waals surface area contributed by atoms with Gasteiger partial charge >= 0.3 is 0 Å². The fourth-order valence-corrected chi connectivity index (χ4v) is 2.93. The topological polar surface area (TPSA) is 29.5 Å². The average Bonchev–Trinajstić information content (AvgIpc) is 2.62. The Kier molecular flexibility index (Phi) is 4.80. The lowest BCUT2D eigenvalue weighted by Gasteiger charge is -2.45. The van der Waals surface area contributed by atoms with Gasteiger partial charge in [-0.2, -0.15) is 0 Å². The number of β-lactam (4-membered cyclic amide) rings is 1. The molecule has 0 spiro atoms. The van der Waals surface area contributed by atoms with Crippen LogP contribution in [-0.4, -0.2) is 23.0 Å². The zero-order valence-electron chi connectivity index (χ0n) is 13.9. The summed E-state index contributed by atoms with van der Waals surface area (Å²) in [7, 11) is 0. The second kappa shape index (κ2) is 7.18. The number of hydrogen-bond donors (Lipinski definition) is 0. The summed E-state index contributed by atoms with van der Waals surface area (Å²) >= 11 is 0. The zero-order chi connectivity index (χ0) is 16.9. The normalized spacial score (nSPS) is 21.0. The standard InChI is InChI=1S/C21H21NO2/c1-3-14-22-19(16(2)15-17-10-6-4-7-11-17)20(21(22)23)24-18-12-8-5-9-13-18/h3-15,19-20H,1-2H3/b14-3-,16-15+/t19-,20+/m0/s1. The Balaban J connectivity index is 1.85. The molecule has 0 bridgehead atoms. The van der Waals surface area contributed by atoms with Crippen molar-refractivity contribution in [1.82, 2.24) is 4.90 Å². The van der Waals surface area contributed by atoms with Crippen LogP contribution in [-0.2, 0) is 4.79 Å². The number of amides is 1. The molecule has 2 atom stereocenters. The molecule has 2 aromatic carbocycles. The highest BCUT2D eigenvalue weighted by Crippen LogP contribution is 2.31. The summed E-state index contributed by atoms with van der Waals surface area (Å²) in [5.41, 5.74) is 2.22. The minimum Gasteiger partial charge on any atom is -0.478 e. The number of allylic oxidation sites excluding steroid dienone is 1. The van der Waals surface area contributed by atoms with Gasteiger partial charge in [0, 0.05) is 6.20 Å². The Morgan fingerprint density at radius 2 is 1.67 bits per heavy atom. The van der Waals surface area contributed by atoms with Gasteiger partial charge in [0.1, 0.15) is 11.8 Å². The second-order valence-corrected chi connectivity index (χ2v) is 5.82. The van der Waals surface area contributed by atoms with E-state index in [0.29, 0.717) is 5.75 Å². The van der Waals surface area contributed by atoms with Crippen LogP contribution in [0.25, 0.3) is 6.08 Å². The smallest absolute Gasteiger partial charge is 0.270 e. The predicted octanol–water partition coefficient (Wildman–Crippen LogP) is 4.28. The van der Waals surface area contributed by atoms with Crippen molar-refractivity contribution in [2.24, 2.45) is 0 Å². The van der Waals surface area contributed by atoms with Crippen LogP contribution in [0.3, 0.4) is 0 Å². The van der Waals surface area contributed by atoms with E-state index in [2.05, 4.69) is 18.2 Å². The van der Waals surface area contributed by atoms with Gasteiger partial charge < -0.3 is 9.64 Å². The zero-order valence-corrected chi connectivity index (χ0v) is 13.9. The lowest BCUT2D eigenvalue weighted by Crippen LogP contribution is -2.65. The van der Waals surface area contributed by atoms with Crippen LogP contribution >= 0.6 is 0 Å². The average molecular weight is 319 g/mol. The molecule has 1 aliphatic heterocycles. The van der Waals surface area contributed by atoms with Gasteiger partial charge in [0.15, 0.2) is 0 Å². The van der Waals surface area contributed by atoms with Gasteiger partial charge in [-0.25, -0.2) is 0 Å². The molecule has 3 nitrogen and oxygen atoms in total. The number of para-hydroxylation sites is 1. The number of carbonyl (C=O) groups excluding carboxylic acids is 1. The van der Waals surface area contributed by atoms with E-state index in [1.54, 1.807) is 4.90 Å². The molecule has 2 aromatic rings. The van der Waals surface area contributed by atoms with Crippen molar-refractivity contribution in [2.75, 3.05) is 0 Å². The van der Waals surface area contributed by atoms with Crippen molar-refractivity contribution < 1.29 is 9.53 Å². The van der Waals surface area contributed by atoms with Crippen LogP contribution in [0.15, 0.2) is 78.5 Å². The summed E-state index contributed by atoms with van der Waals surface area (Å²) < 4.78 is 5.94. The van der Waals surface area contributed by atoms with E-state index < -0.39 is 6.10 Å². The van der Waals surface area contributed by atoms with Gasteiger partial charge in [-0.1, -0.05) is 60.7 Å². The molecule has 1 fully saturated rings. The number of benzene rings is 2. The summed E-state index contributed by atoms with van der Waals surface area (Å²) in [5.74, 6) is 0.705. The first-order valence-electron chi connectivity index (χ1n) is 8.10. The number of hydrogen-bond acceptors (Lipinski definition) is 2. The van der Waals surface area contributed by atoms with Gasteiger partial charge in [0.05, 0.1) is 0 Å². The third kappa shape index (κ3) is 3.25. The Morgan fingerprint density at radius 3 is 2.29 bits per heavy atom. The molecule has 1 amide bonds. The number of rotatable bonds is 5. The summed E-state index contributed by atoms with van der Waals surface area (Å²) in [6, 6.07) is 19.5. The SMILES string of the molecule is C/C=C\N1C(=O)[C@H](Oc2ccccc2)[C@@H]1/C(C)=C/c1ccccc1. The maximum Gasteiger partial charge on any atom is 0.270 e. The van der Waals surface area contributed by atoms with Crippen LogP contribution in [0.1, 0.15) is 19.4 Å². The minimum absolute atomic E-state index is 0.0113. The van der Waals surface area contributed by atoms with Crippen molar-refractivity contribution in [3.05, 3.63) is 84.1 Å². The van der Waals surface area contributed by atoms with Crippen LogP contribution in [0.5, 0.6) is 5.75 Å². The first-order valence-corrected chi connectivity index (χ1v) is 8.10. The molecular formula is C21H21NO2. The van der Waals surface area contributed by atoms with Crippen LogP contribution in [0.4, 0.5) is 0 Å². The molecule has 1 heterocycles. The van der Waals surface area contributed by atoms with E-state index in [-0.39, 0.29) is 11.9 Å². The first kappa shape index (κ1) is 16.1. The Morgan fingerprint density at radius 1 is 1.04 bits per heavy atom. The molecule has 0 radical (unpaired) electrons. The lowest BCUT2D eigenvalue weighted by atomic mass is 9.90. The molecule has 1 saturated heterocycles. The van der Waals surface area contributed by atoms with Gasteiger partial charge in [-0.05, 0) is 37.1 Å². The third-order valence-corrected chi connectivity index (χ3v) is 4.06. The van der Waals surface area contributed by atoms with Crippen molar-refractivity contribution >= 4 is 12.0 Å². The van der Waals surface area contributed by atoms with Crippen molar-refractivity contribution in [3.8, 4) is 5.75 Å². The molecule has 0 unspecified atom stereocenters.